The molecule has 1 aliphatic carbocycles. The van der Waals surface area contributed by atoms with E-state index in [1.807, 2.05) is 36.4 Å². The van der Waals surface area contributed by atoms with Crippen LogP contribution in [-0.2, 0) is 4.79 Å². The number of nitrogens with one attached hydrogen (secondary N) is 2. The van der Waals surface area contributed by atoms with Crippen molar-refractivity contribution >= 4 is 28.3 Å². The summed E-state index contributed by atoms with van der Waals surface area (Å²) < 4.78 is 0. The molecule has 2 aromatic carbocycles. The molecule has 3 rings (SSSR count). The van der Waals surface area contributed by atoms with Crippen LogP contribution in [0.25, 0.3) is 10.8 Å². The molecule has 0 radical (unpaired) electrons. The fourth-order valence-corrected chi connectivity index (χ4v) is 3.43. The number of hydrogen-bond donors (Lipinski definition) is 2. The van der Waals surface area contributed by atoms with Crippen molar-refractivity contribution in [2.75, 3.05) is 0 Å². The fourth-order valence-electron chi connectivity index (χ4n) is 3.43. The van der Waals surface area contributed by atoms with Crippen molar-refractivity contribution < 1.29 is 9.59 Å². The second-order valence-electron chi connectivity index (χ2n) is 6.89. The molecule has 1 fully saturated rings. The van der Waals surface area contributed by atoms with Gasteiger partial charge in [-0.25, -0.2) is 5.43 Å². The zero-order valence-corrected chi connectivity index (χ0v) is 15.1. The van der Waals surface area contributed by atoms with Gasteiger partial charge in [-0.15, -0.1) is 0 Å². The zero-order chi connectivity index (χ0) is 18.4. The number of carbonyl (C=O) groups excluding carboxylic acids is 2. The highest BCUT2D eigenvalue weighted by Crippen LogP contribution is 2.18. The van der Waals surface area contributed by atoms with E-state index in [4.69, 9.17) is 0 Å². The highest BCUT2D eigenvalue weighted by atomic mass is 16.2. The van der Waals surface area contributed by atoms with Gasteiger partial charge in [0.05, 0.1) is 6.42 Å². The molecule has 0 unspecified atom stereocenters. The van der Waals surface area contributed by atoms with E-state index in [-0.39, 0.29) is 24.3 Å². The van der Waals surface area contributed by atoms with Crippen molar-refractivity contribution in [3.8, 4) is 0 Å². The number of nitrogens with zero attached hydrogens (tertiary/aromatic N) is 1. The maximum Gasteiger partial charge on any atom is 0.271 e. The maximum atomic E-state index is 12.4. The van der Waals surface area contributed by atoms with Gasteiger partial charge >= 0.3 is 0 Å². The molecule has 0 aromatic heterocycles. The molecule has 1 aliphatic rings. The Morgan fingerprint density at radius 3 is 2.58 bits per heavy atom. The van der Waals surface area contributed by atoms with Crippen molar-refractivity contribution in [1.82, 2.24) is 10.7 Å². The first kappa shape index (κ1) is 18.1. The molecule has 5 nitrogen and oxygen atoms in total. The van der Waals surface area contributed by atoms with Gasteiger partial charge in [0, 0.05) is 17.3 Å². The third kappa shape index (κ3) is 4.69. The second kappa shape index (κ2) is 8.61. The largest absolute Gasteiger partial charge is 0.353 e. The maximum absolute atomic E-state index is 12.4. The van der Waals surface area contributed by atoms with Gasteiger partial charge in [0.15, 0.2) is 0 Å². The Balaban J connectivity index is 1.57. The molecule has 2 aromatic rings. The summed E-state index contributed by atoms with van der Waals surface area (Å²) in [5.74, 6) is -0.300. The summed E-state index contributed by atoms with van der Waals surface area (Å²) in [6, 6.07) is 13.6. The molecule has 0 aliphatic heterocycles. The second-order valence-corrected chi connectivity index (χ2v) is 6.89. The highest BCUT2D eigenvalue weighted by Gasteiger charge is 2.16. The average Bonchev–Trinajstić information content (AvgIpc) is 2.66. The summed E-state index contributed by atoms with van der Waals surface area (Å²) in [5, 5.41) is 9.05. The zero-order valence-electron chi connectivity index (χ0n) is 15.1. The number of fused-ring (bicyclic) bond motifs is 1. The molecular weight excluding hydrogens is 326 g/mol. The third-order valence-electron chi connectivity index (χ3n) is 4.77. The van der Waals surface area contributed by atoms with E-state index in [0.717, 1.165) is 23.6 Å². The van der Waals surface area contributed by atoms with Gasteiger partial charge in [-0.2, -0.15) is 5.10 Å². The molecule has 2 amide bonds. The Morgan fingerprint density at radius 1 is 1.04 bits per heavy atom. The minimum absolute atomic E-state index is 0.0300. The van der Waals surface area contributed by atoms with Crippen LogP contribution in [-0.4, -0.2) is 23.6 Å². The Morgan fingerprint density at radius 2 is 1.77 bits per heavy atom. The summed E-state index contributed by atoms with van der Waals surface area (Å²) in [4.78, 5) is 24.6. The Labute approximate surface area is 153 Å². The standard InChI is InChI=1S/C21H25N3O2/c1-15(14-20(25)22-17-10-3-2-4-11-17)23-24-21(26)19-13-7-9-16-8-5-6-12-18(16)19/h5-9,12-13,17H,2-4,10-11,14H2,1H3,(H,22,25)(H,24,26)/b23-15-. The monoisotopic (exact) mass is 351 g/mol. The number of benzene rings is 2. The predicted molar refractivity (Wildman–Crippen MR) is 104 cm³/mol. The van der Waals surface area contributed by atoms with Crippen molar-refractivity contribution in [2.45, 2.75) is 51.5 Å². The normalized spacial score (nSPS) is 15.7. The number of hydrazone groups is 1. The van der Waals surface area contributed by atoms with Gasteiger partial charge in [0.25, 0.3) is 5.91 Å². The van der Waals surface area contributed by atoms with Gasteiger partial charge in [0.2, 0.25) is 5.91 Å². The molecule has 136 valence electrons. The Hall–Kier alpha value is -2.69. The first-order valence-electron chi connectivity index (χ1n) is 9.24. The molecule has 26 heavy (non-hydrogen) atoms. The first-order valence-corrected chi connectivity index (χ1v) is 9.24. The summed E-state index contributed by atoms with van der Waals surface area (Å²) in [7, 11) is 0. The Bertz CT molecular complexity index is 818. The highest BCUT2D eigenvalue weighted by molar-refractivity contribution is 6.07. The van der Waals surface area contributed by atoms with Gasteiger partial charge in [-0.1, -0.05) is 55.7 Å². The van der Waals surface area contributed by atoms with E-state index >= 15 is 0 Å². The lowest BCUT2D eigenvalue weighted by atomic mass is 9.95. The smallest absolute Gasteiger partial charge is 0.271 e. The minimum Gasteiger partial charge on any atom is -0.353 e. The third-order valence-corrected chi connectivity index (χ3v) is 4.77. The van der Waals surface area contributed by atoms with Crippen LogP contribution in [0.4, 0.5) is 0 Å². The first-order chi connectivity index (χ1) is 12.6. The topological polar surface area (TPSA) is 70.6 Å². The molecule has 1 saturated carbocycles. The van der Waals surface area contributed by atoms with Crippen LogP contribution in [0.15, 0.2) is 47.6 Å². The number of hydrogen-bond acceptors (Lipinski definition) is 3. The van der Waals surface area contributed by atoms with Crippen LogP contribution in [0.1, 0.15) is 55.8 Å². The van der Waals surface area contributed by atoms with Crippen molar-refractivity contribution in [2.24, 2.45) is 5.10 Å². The fraction of sp³-hybridized carbons (Fsp3) is 0.381. The van der Waals surface area contributed by atoms with Gasteiger partial charge in [0.1, 0.15) is 0 Å². The lowest BCUT2D eigenvalue weighted by Gasteiger charge is -2.22. The summed E-state index contributed by atoms with van der Waals surface area (Å²) in [5.41, 5.74) is 3.73. The SMILES string of the molecule is C/C(CC(=O)NC1CCCCC1)=N/NC(=O)c1cccc2ccccc12. The molecular formula is C21H25N3O2. The van der Waals surface area contributed by atoms with E-state index in [2.05, 4.69) is 15.8 Å². The molecule has 0 bridgehead atoms. The summed E-state index contributed by atoms with van der Waals surface area (Å²) >= 11 is 0. The molecule has 2 N–H and O–H groups in total. The molecule has 0 atom stereocenters. The molecule has 0 spiro atoms. The number of rotatable bonds is 5. The van der Waals surface area contributed by atoms with Gasteiger partial charge < -0.3 is 5.32 Å². The van der Waals surface area contributed by atoms with Gasteiger partial charge in [-0.3, -0.25) is 9.59 Å². The summed E-state index contributed by atoms with van der Waals surface area (Å²) in [6.07, 6.45) is 5.93. The summed E-state index contributed by atoms with van der Waals surface area (Å²) in [6.45, 7) is 1.75. The lowest BCUT2D eigenvalue weighted by molar-refractivity contribution is -0.120. The van der Waals surface area contributed by atoms with Crippen LogP contribution >= 0.6 is 0 Å². The molecule has 5 heteroatoms. The minimum atomic E-state index is -0.270. The van der Waals surface area contributed by atoms with E-state index in [0.29, 0.717) is 11.3 Å². The van der Waals surface area contributed by atoms with Crippen molar-refractivity contribution in [1.29, 1.82) is 0 Å². The predicted octanol–water partition coefficient (Wildman–Crippen LogP) is 3.78. The Kier molecular flexibility index (Phi) is 6.00. The van der Waals surface area contributed by atoms with Crippen LogP contribution < -0.4 is 10.7 Å². The van der Waals surface area contributed by atoms with Crippen molar-refractivity contribution in [3.05, 3.63) is 48.0 Å². The van der Waals surface area contributed by atoms with Gasteiger partial charge in [-0.05, 0) is 36.6 Å². The van der Waals surface area contributed by atoms with Crippen LogP contribution in [0.5, 0.6) is 0 Å². The van der Waals surface area contributed by atoms with E-state index in [1.165, 1.54) is 19.3 Å². The van der Waals surface area contributed by atoms with Crippen LogP contribution in [0, 0.1) is 0 Å². The molecule has 0 saturated heterocycles. The lowest BCUT2D eigenvalue weighted by Crippen LogP contribution is -2.37. The quantitative estimate of drug-likeness (QED) is 0.636. The van der Waals surface area contributed by atoms with Crippen molar-refractivity contribution in [3.63, 3.8) is 0 Å². The van der Waals surface area contributed by atoms with Crippen LogP contribution in [0.2, 0.25) is 0 Å². The number of carbonyl (C=O) groups is 2. The average molecular weight is 351 g/mol. The van der Waals surface area contributed by atoms with E-state index in [9.17, 15) is 9.59 Å². The van der Waals surface area contributed by atoms with E-state index in [1.54, 1.807) is 13.0 Å². The van der Waals surface area contributed by atoms with Crippen LogP contribution in [0.3, 0.4) is 0 Å². The van der Waals surface area contributed by atoms with E-state index < -0.39 is 0 Å². The number of amides is 2. The molecule has 0 heterocycles.